The predicted octanol–water partition coefficient (Wildman–Crippen LogP) is 2.43. The lowest BCUT2D eigenvalue weighted by molar-refractivity contribution is 0.595. The molecular formula is C12H9FNO2S. The fraction of sp³-hybridized carbons (Fsp3) is 0. The highest BCUT2D eigenvalue weighted by atomic mass is 32.2. The van der Waals surface area contributed by atoms with Gasteiger partial charge in [0.15, 0.2) is 0 Å². The van der Waals surface area contributed by atoms with E-state index in [1.54, 1.807) is 24.3 Å². The molecule has 1 radical (unpaired) electrons. The maximum Gasteiger partial charge on any atom is 0.262 e. The van der Waals surface area contributed by atoms with Crippen LogP contribution >= 0.6 is 0 Å². The van der Waals surface area contributed by atoms with Gasteiger partial charge in [0.2, 0.25) is 0 Å². The molecule has 0 unspecified atom stereocenters. The minimum absolute atomic E-state index is 0.116. The number of rotatable bonds is 3. The summed E-state index contributed by atoms with van der Waals surface area (Å²) in [4.78, 5) is -0.116. The van der Waals surface area contributed by atoms with Crippen LogP contribution < -0.4 is 4.72 Å². The second kappa shape index (κ2) is 4.55. The van der Waals surface area contributed by atoms with Gasteiger partial charge in [-0.1, -0.05) is 24.3 Å². The van der Waals surface area contributed by atoms with Gasteiger partial charge in [-0.25, -0.2) is 12.8 Å². The normalized spacial score (nSPS) is 11.1. The Morgan fingerprint density at radius 3 is 2.59 bits per heavy atom. The van der Waals surface area contributed by atoms with Crippen molar-refractivity contribution in [2.45, 2.75) is 4.90 Å². The molecule has 0 spiro atoms. The van der Waals surface area contributed by atoms with Gasteiger partial charge in [-0.05, 0) is 24.3 Å². The molecule has 0 saturated carbocycles. The average molecular weight is 250 g/mol. The Labute approximate surface area is 99.0 Å². The summed E-state index contributed by atoms with van der Waals surface area (Å²) in [6.07, 6.45) is 0. The smallest absolute Gasteiger partial charge is 0.262 e. The summed E-state index contributed by atoms with van der Waals surface area (Å²) in [7, 11) is -3.76. The van der Waals surface area contributed by atoms with Crippen LogP contribution in [0.2, 0.25) is 0 Å². The van der Waals surface area contributed by atoms with Crippen LogP contribution in [0.15, 0.2) is 53.4 Å². The van der Waals surface area contributed by atoms with Crippen LogP contribution in [0.1, 0.15) is 0 Å². The Hall–Kier alpha value is -1.88. The van der Waals surface area contributed by atoms with Crippen LogP contribution in [0.4, 0.5) is 10.1 Å². The first kappa shape index (κ1) is 11.6. The zero-order chi connectivity index (χ0) is 12.3. The number of benzene rings is 2. The average Bonchev–Trinajstić information content (AvgIpc) is 2.30. The number of nitrogens with one attached hydrogen (secondary N) is 1. The molecule has 0 aromatic heterocycles. The maximum absolute atomic E-state index is 12.9. The van der Waals surface area contributed by atoms with E-state index in [2.05, 4.69) is 10.8 Å². The van der Waals surface area contributed by atoms with Gasteiger partial charge in [0.1, 0.15) is 5.82 Å². The van der Waals surface area contributed by atoms with Crippen molar-refractivity contribution >= 4 is 15.7 Å². The largest absolute Gasteiger partial charge is 0.279 e. The highest BCUT2D eigenvalue weighted by molar-refractivity contribution is 7.92. The van der Waals surface area contributed by atoms with Crippen LogP contribution in [-0.2, 0) is 10.0 Å². The van der Waals surface area contributed by atoms with Crippen LogP contribution in [0.25, 0.3) is 0 Å². The lowest BCUT2D eigenvalue weighted by Crippen LogP contribution is -2.13. The standard InChI is InChI=1S/C12H9FNO2S/c13-10-5-4-8-12(9-10)17(15,16)14-11-6-2-1-3-7-11/h1-6,8-9,14H. The van der Waals surface area contributed by atoms with Gasteiger partial charge in [-0.15, -0.1) is 0 Å². The van der Waals surface area contributed by atoms with Gasteiger partial charge < -0.3 is 0 Å². The van der Waals surface area contributed by atoms with Gasteiger partial charge >= 0.3 is 0 Å². The lowest BCUT2D eigenvalue weighted by atomic mass is 10.3. The summed E-state index contributed by atoms with van der Waals surface area (Å²) >= 11 is 0. The number of anilines is 1. The predicted molar refractivity (Wildman–Crippen MR) is 62.5 cm³/mol. The van der Waals surface area contributed by atoms with Crippen molar-refractivity contribution in [1.82, 2.24) is 0 Å². The highest BCUT2D eigenvalue weighted by Crippen LogP contribution is 2.15. The summed E-state index contributed by atoms with van der Waals surface area (Å²) in [5.41, 5.74) is 0.316. The summed E-state index contributed by atoms with van der Waals surface area (Å²) in [5.74, 6) is -0.593. The van der Waals surface area contributed by atoms with Gasteiger partial charge in [0.25, 0.3) is 10.0 Å². The maximum atomic E-state index is 12.9. The highest BCUT2D eigenvalue weighted by Gasteiger charge is 2.14. The van der Waals surface area contributed by atoms with E-state index in [-0.39, 0.29) is 4.90 Å². The number of halogens is 1. The summed E-state index contributed by atoms with van der Waals surface area (Å²) in [5, 5.41) is 0. The van der Waals surface area contributed by atoms with Gasteiger partial charge in [-0.3, -0.25) is 4.72 Å². The Kier molecular flexibility index (Phi) is 3.10. The second-order valence-electron chi connectivity index (χ2n) is 3.34. The minimum atomic E-state index is -3.76. The van der Waals surface area contributed by atoms with E-state index in [0.717, 1.165) is 6.07 Å². The quantitative estimate of drug-likeness (QED) is 0.909. The molecule has 1 N–H and O–H groups in total. The summed E-state index contributed by atoms with van der Waals surface area (Å²) in [6, 6.07) is 14.1. The SMILES string of the molecule is O=S(=O)(Nc1[c]cccc1)c1cccc(F)c1. The van der Waals surface area contributed by atoms with Gasteiger partial charge in [0.05, 0.1) is 10.6 Å². The monoisotopic (exact) mass is 250 g/mol. The molecular weight excluding hydrogens is 241 g/mol. The topological polar surface area (TPSA) is 46.2 Å². The van der Waals surface area contributed by atoms with Crippen molar-refractivity contribution in [3.8, 4) is 0 Å². The van der Waals surface area contributed by atoms with Crippen molar-refractivity contribution in [3.05, 3.63) is 60.4 Å². The van der Waals surface area contributed by atoms with Gasteiger partial charge in [0, 0.05) is 6.07 Å². The van der Waals surface area contributed by atoms with Crippen LogP contribution in [0.5, 0.6) is 0 Å². The number of hydrogen-bond donors (Lipinski definition) is 1. The Morgan fingerprint density at radius 1 is 1.12 bits per heavy atom. The number of sulfonamides is 1. The van der Waals surface area contributed by atoms with Crippen molar-refractivity contribution in [1.29, 1.82) is 0 Å². The van der Waals surface area contributed by atoms with E-state index < -0.39 is 15.8 Å². The molecule has 2 rings (SSSR count). The third-order valence-electron chi connectivity index (χ3n) is 2.06. The first-order valence-electron chi connectivity index (χ1n) is 4.83. The Balaban J connectivity index is 2.32. The minimum Gasteiger partial charge on any atom is -0.279 e. The van der Waals surface area contributed by atoms with Crippen LogP contribution in [0, 0.1) is 11.9 Å². The molecule has 0 aliphatic heterocycles. The fourth-order valence-electron chi connectivity index (χ4n) is 1.29. The molecule has 3 nitrogen and oxygen atoms in total. The third kappa shape index (κ3) is 2.82. The van der Waals surface area contributed by atoms with E-state index in [4.69, 9.17) is 0 Å². The second-order valence-corrected chi connectivity index (χ2v) is 5.02. The zero-order valence-electron chi connectivity index (χ0n) is 8.72. The molecule has 87 valence electrons. The van der Waals surface area contributed by atoms with E-state index in [1.807, 2.05) is 0 Å². The molecule has 5 heteroatoms. The van der Waals surface area contributed by atoms with Crippen molar-refractivity contribution < 1.29 is 12.8 Å². The number of para-hydroxylation sites is 1. The molecule has 2 aromatic rings. The molecule has 0 aliphatic carbocycles. The first-order chi connectivity index (χ1) is 8.08. The van der Waals surface area contributed by atoms with E-state index >= 15 is 0 Å². The van der Waals surface area contributed by atoms with Crippen molar-refractivity contribution in [3.63, 3.8) is 0 Å². The zero-order valence-corrected chi connectivity index (χ0v) is 9.54. The van der Waals surface area contributed by atoms with Crippen LogP contribution in [-0.4, -0.2) is 8.42 Å². The third-order valence-corrected chi connectivity index (χ3v) is 3.42. The first-order valence-corrected chi connectivity index (χ1v) is 6.31. The molecule has 0 heterocycles. The van der Waals surface area contributed by atoms with Crippen LogP contribution in [0.3, 0.4) is 0 Å². The van der Waals surface area contributed by atoms with E-state index in [1.165, 1.54) is 18.2 Å². The molecule has 0 atom stereocenters. The molecule has 0 amide bonds. The summed E-state index contributed by atoms with van der Waals surface area (Å²) < 4.78 is 39.0. The Bertz CT molecular complexity index is 611. The van der Waals surface area contributed by atoms with Crippen molar-refractivity contribution in [2.75, 3.05) is 4.72 Å². The molecule has 0 saturated heterocycles. The molecule has 0 fully saturated rings. The Morgan fingerprint density at radius 2 is 1.94 bits per heavy atom. The molecule has 0 bridgehead atoms. The fourth-order valence-corrected chi connectivity index (χ4v) is 2.35. The van der Waals surface area contributed by atoms with Gasteiger partial charge in [-0.2, -0.15) is 0 Å². The van der Waals surface area contributed by atoms with Crippen molar-refractivity contribution in [2.24, 2.45) is 0 Å². The molecule has 2 aromatic carbocycles. The molecule has 17 heavy (non-hydrogen) atoms. The number of hydrogen-bond acceptors (Lipinski definition) is 2. The summed E-state index contributed by atoms with van der Waals surface area (Å²) in [6.45, 7) is 0. The van der Waals surface area contributed by atoms with E-state index in [0.29, 0.717) is 5.69 Å². The molecule has 0 aliphatic rings. The van der Waals surface area contributed by atoms with E-state index in [9.17, 15) is 12.8 Å². The lowest BCUT2D eigenvalue weighted by Gasteiger charge is -2.07.